The number of nitrogens with one attached hydrogen (secondary N) is 1. The highest BCUT2D eigenvalue weighted by atomic mass is 79.9. The second-order valence-corrected chi connectivity index (χ2v) is 7.08. The fourth-order valence-electron chi connectivity index (χ4n) is 2.20. The number of aromatic nitrogens is 2. The van der Waals surface area contributed by atoms with Crippen LogP contribution in [0.2, 0.25) is 5.02 Å². The van der Waals surface area contributed by atoms with Crippen LogP contribution < -0.4 is 5.32 Å². The Morgan fingerprint density at radius 3 is 2.80 bits per heavy atom. The molecule has 0 aliphatic rings. The van der Waals surface area contributed by atoms with Gasteiger partial charge in [0, 0.05) is 34.2 Å². The molecule has 0 aliphatic heterocycles. The fourth-order valence-corrected chi connectivity index (χ4v) is 3.96. The lowest BCUT2D eigenvalue weighted by atomic mass is 10.1. The van der Waals surface area contributed by atoms with Gasteiger partial charge in [-0.1, -0.05) is 18.5 Å². The number of rotatable bonds is 6. The highest BCUT2D eigenvalue weighted by Crippen LogP contribution is 2.30. The first kappa shape index (κ1) is 16.0. The van der Waals surface area contributed by atoms with Gasteiger partial charge in [0.25, 0.3) is 0 Å². The molecule has 1 unspecified atom stereocenters. The minimum Gasteiger partial charge on any atom is -0.309 e. The molecule has 2 aromatic rings. The molecule has 0 spiro atoms. The van der Waals surface area contributed by atoms with Crippen molar-refractivity contribution >= 4 is 38.9 Å². The fraction of sp³-hybridized carbons (Fsp3) is 0.500. The predicted octanol–water partition coefficient (Wildman–Crippen LogP) is 4.49. The SMILES string of the molecule is CCCNC(Cc1c(Cl)c(C)nn1C)c1cc(Br)cs1. The number of halogens is 2. The maximum atomic E-state index is 6.37. The van der Waals surface area contributed by atoms with E-state index < -0.39 is 0 Å². The van der Waals surface area contributed by atoms with Gasteiger partial charge in [-0.15, -0.1) is 11.3 Å². The molecule has 3 nitrogen and oxygen atoms in total. The topological polar surface area (TPSA) is 29.9 Å². The van der Waals surface area contributed by atoms with Gasteiger partial charge in [0.1, 0.15) is 0 Å². The van der Waals surface area contributed by atoms with E-state index in [-0.39, 0.29) is 6.04 Å². The standard InChI is InChI=1S/C14H19BrClN3S/c1-4-5-17-11(13-6-10(15)8-20-13)7-12-14(16)9(2)18-19(12)3/h6,8,11,17H,4-5,7H2,1-3H3. The summed E-state index contributed by atoms with van der Waals surface area (Å²) >= 11 is 11.7. The van der Waals surface area contributed by atoms with Crippen LogP contribution in [0.1, 0.15) is 35.7 Å². The van der Waals surface area contributed by atoms with Gasteiger partial charge >= 0.3 is 0 Å². The van der Waals surface area contributed by atoms with Gasteiger partial charge in [0.2, 0.25) is 0 Å². The molecule has 2 heterocycles. The minimum absolute atomic E-state index is 0.276. The Balaban J connectivity index is 2.23. The summed E-state index contributed by atoms with van der Waals surface area (Å²) in [6.45, 7) is 5.12. The summed E-state index contributed by atoms with van der Waals surface area (Å²) in [6, 6.07) is 2.45. The first-order valence-electron chi connectivity index (χ1n) is 6.68. The second kappa shape index (κ2) is 7.07. The average molecular weight is 377 g/mol. The Bertz CT molecular complexity index is 579. The van der Waals surface area contributed by atoms with E-state index in [0.29, 0.717) is 0 Å². The zero-order valence-electron chi connectivity index (χ0n) is 11.9. The van der Waals surface area contributed by atoms with Gasteiger partial charge in [-0.25, -0.2) is 0 Å². The summed E-state index contributed by atoms with van der Waals surface area (Å²) in [5.74, 6) is 0. The summed E-state index contributed by atoms with van der Waals surface area (Å²) in [7, 11) is 1.95. The van der Waals surface area contributed by atoms with E-state index in [4.69, 9.17) is 11.6 Å². The number of aryl methyl sites for hydroxylation is 2. The maximum Gasteiger partial charge on any atom is 0.0847 e. The molecule has 0 amide bonds. The molecular formula is C14H19BrClN3S. The van der Waals surface area contributed by atoms with Gasteiger partial charge in [-0.3, -0.25) is 4.68 Å². The van der Waals surface area contributed by atoms with Crippen molar-refractivity contribution in [3.8, 4) is 0 Å². The third-order valence-corrected chi connectivity index (χ3v) is 5.53. The molecule has 20 heavy (non-hydrogen) atoms. The first-order valence-corrected chi connectivity index (χ1v) is 8.73. The average Bonchev–Trinajstić information content (AvgIpc) is 2.93. The Morgan fingerprint density at radius 2 is 2.30 bits per heavy atom. The summed E-state index contributed by atoms with van der Waals surface area (Å²) < 4.78 is 3.02. The molecular weight excluding hydrogens is 358 g/mol. The molecule has 2 aromatic heterocycles. The highest BCUT2D eigenvalue weighted by molar-refractivity contribution is 9.10. The largest absolute Gasteiger partial charge is 0.309 e. The van der Waals surface area contributed by atoms with Crippen molar-refractivity contribution in [1.29, 1.82) is 0 Å². The molecule has 0 saturated heterocycles. The quantitative estimate of drug-likeness (QED) is 0.805. The molecule has 0 saturated carbocycles. The van der Waals surface area contributed by atoms with Crippen LogP contribution in [0.15, 0.2) is 15.9 Å². The van der Waals surface area contributed by atoms with Crippen LogP contribution in [-0.2, 0) is 13.5 Å². The molecule has 0 fully saturated rings. The Hall–Kier alpha value is -0.360. The van der Waals surface area contributed by atoms with Crippen LogP contribution in [0.4, 0.5) is 0 Å². The van der Waals surface area contributed by atoms with Crippen molar-refractivity contribution in [2.24, 2.45) is 7.05 Å². The third kappa shape index (κ3) is 3.64. The smallest absolute Gasteiger partial charge is 0.0847 e. The number of hydrogen-bond donors (Lipinski definition) is 1. The van der Waals surface area contributed by atoms with Crippen LogP contribution in [-0.4, -0.2) is 16.3 Å². The highest BCUT2D eigenvalue weighted by Gasteiger charge is 2.19. The van der Waals surface area contributed by atoms with Crippen molar-refractivity contribution in [2.45, 2.75) is 32.7 Å². The number of hydrogen-bond acceptors (Lipinski definition) is 3. The maximum absolute atomic E-state index is 6.37. The summed E-state index contributed by atoms with van der Waals surface area (Å²) in [4.78, 5) is 1.32. The molecule has 2 rings (SSSR count). The molecule has 0 aromatic carbocycles. The van der Waals surface area contributed by atoms with Crippen LogP contribution in [0, 0.1) is 6.92 Å². The van der Waals surface area contributed by atoms with Gasteiger partial charge in [0.15, 0.2) is 0 Å². The van der Waals surface area contributed by atoms with E-state index >= 15 is 0 Å². The van der Waals surface area contributed by atoms with Gasteiger partial charge in [-0.2, -0.15) is 5.10 Å². The lowest BCUT2D eigenvalue weighted by Gasteiger charge is -2.17. The first-order chi connectivity index (χ1) is 9.52. The van der Waals surface area contributed by atoms with E-state index in [1.165, 1.54) is 4.88 Å². The van der Waals surface area contributed by atoms with Gasteiger partial charge in [-0.05, 0) is 41.9 Å². The van der Waals surface area contributed by atoms with Crippen molar-refractivity contribution in [3.05, 3.63) is 37.2 Å². The summed E-state index contributed by atoms with van der Waals surface area (Å²) in [5, 5.41) is 10.9. The normalized spacial score (nSPS) is 12.8. The van der Waals surface area contributed by atoms with Crippen molar-refractivity contribution in [2.75, 3.05) is 6.54 Å². The third-order valence-electron chi connectivity index (χ3n) is 3.23. The lowest BCUT2D eigenvalue weighted by Crippen LogP contribution is -2.24. The van der Waals surface area contributed by atoms with E-state index in [9.17, 15) is 0 Å². The molecule has 0 radical (unpaired) electrons. The summed E-state index contributed by atoms with van der Waals surface area (Å²) in [5.41, 5.74) is 1.98. The monoisotopic (exact) mass is 375 g/mol. The zero-order chi connectivity index (χ0) is 14.7. The van der Waals surface area contributed by atoms with Crippen LogP contribution >= 0.6 is 38.9 Å². The molecule has 1 atom stereocenters. The Labute approximate surface area is 137 Å². The summed E-state index contributed by atoms with van der Waals surface area (Å²) in [6.07, 6.45) is 1.96. The van der Waals surface area contributed by atoms with Crippen LogP contribution in [0.5, 0.6) is 0 Å². The molecule has 6 heteroatoms. The van der Waals surface area contributed by atoms with Crippen molar-refractivity contribution < 1.29 is 0 Å². The van der Waals surface area contributed by atoms with E-state index in [1.54, 1.807) is 11.3 Å². The molecule has 0 aliphatic carbocycles. The Kier molecular flexibility index (Phi) is 5.66. The second-order valence-electron chi connectivity index (χ2n) is 4.85. The Morgan fingerprint density at radius 1 is 1.55 bits per heavy atom. The van der Waals surface area contributed by atoms with Crippen molar-refractivity contribution in [3.63, 3.8) is 0 Å². The molecule has 1 N–H and O–H groups in total. The lowest BCUT2D eigenvalue weighted by molar-refractivity contribution is 0.519. The van der Waals surface area contributed by atoms with Gasteiger partial charge < -0.3 is 5.32 Å². The van der Waals surface area contributed by atoms with E-state index in [0.717, 1.165) is 40.3 Å². The minimum atomic E-state index is 0.276. The van der Waals surface area contributed by atoms with Crippen LogP contribution in [0.3, 0.4) is 0 Å². The van der Waals surface area contributed by atoms with Gasteiger partial charge in [0.05, 0.1) is 16.4 Å². The molecule has 110 valence electrons. The number of nitrogens with zero attached hydrogens (tertiary/aromatic N) is 2. The van der Waals surface area contributed by atoms with E-state index in [2.05, 4.69) is 44.7 Å². The predicted molar refractivity (Wildman–Crippen MR) is 89.7 cm³/mol. The zero-order valence-corrected chi connectivity index (χ0v) is 15.1. The van der Waals surface area contributed by atoms with Crippen molar-refractivity contribution in [1.82, 2.24) is 15.1 Å². The van der Waals surface area contributed by atoms with Crippen LogP contribution in [0.25, 0.3) is 0 Å². The number of thiophene rings is 1. The van der Waals surface area contributed by atoms with E-state index in [1.807, 2.05) is 18.7 Å². The molecule has 0 bridgehead atoms.